The van der Waals surface area contributed by atoms with Gasteiger partial charge in [-0.05, 0) is 12.5 Å². The lowest BCUT2D eigenvalue weighted by atomic mass is 10.1. The molecule has 0 fully saturated rings. The van der Waals surface area contributed by atoms with Crippen LogP contribution in [0.4, 0.5) is 0 Å². The van der Waals surface area contributed by atoms with Crippen molar-refractivity contribution >= 4 is 5.91 Å². The first-order valence-electron chi connectivity index (χ1n) is 7.67. The summed E-state index contributed by atoms with van der Waals surface area (Å²) in [5, 5.41) is 12.3. The molecule has 4 heteroatoms. The Hall–Kier alpha value is -1.58. The Bertz CT molecular complexity index is 394. The molecule has 0 unspecified atom stereocenters. The number of unbranched alkanes of at least 4 members (excludes halogenated alkanes) is 7. The second-order valence-corrected chi connectivity index (χ2v) is 5.12. The largest absolute Gasteiger partial charge is 0.505 e. The highest BCUT2D eigenvalue weighted by atomic mass is 16.3. The van der Waals surface area contributed by atoms with E-state index in [-0.39, 0.29) is 11.7 Å². The molecule has 1 amide bonds. The number of aromatic nitrogens is 1. The van der Waals surface area contributed by atoms with E-state index >= 15 is 0 Å². The first-order chi connectivity index (χ1) is 9.75. The van der Waals surface area contributed by atoms with Gasteiger partial charge in [0.25, 0.3) is 5.91 Å². The molecular weight excluding hydrogens is 252 g/mol. The van der Waals surface area contributed by atoms with Crippen LogP contribution in [0.25, 0.3) is 0 Å². The van der Waals surface area contributed by atoms with Crippen molar-refractivity contribution in [3.05, 3.63) is 24.0 Å². The number of rotatable bonds is 10. The Morgan fingerprint density at radius 3 is 2.45 bits per heavy atom. The predicted molar refractivity (Wildman–Crippen MR) is 80.8 cm³/mol. The van der Waals surface area contributed by atoms with Crippen LogP contribution in [0.3, 0.4) is 0 Å². The second kappa shape index (κ2) is 10.2. The summed E-state index contributed by atoms with van der Waals surface area (Å²) in [6.45, 7) is 2.89. The molecule has 1 rings (SSSR count). The van der Waals surface area contributed by atoms with Gasteiger partial charge in [0, 0.05) is 12.7 Å². The fraction of sp³-hybridized carbons (Fsp3) is 0.625. The molecular formula is C16H26N2O2. The van der Waals surface area contributed by atoms with Gasteiger partial charge in [-0.3, -0.25) is 9.78 Å². The maximum atomic E-state index is 11.8. The van der Waals surface area contributed by atoms with E-state index in [0.29, 0.717) is 12.1 Å². The van der Waals surface area contributed by atoms with Crippen molar-refractivity contribution in [3.63, 3.8) is 0 Å². The minimum absolute atomic E-state index is 0.0686. The van der Waals surface area contributed by atoms with Crippen LogP contribution in [0.5, 0.6) is 5.75 Å². The number of nitrogens with zero attached hydrogens (tertiary/aromatic N) is 1. The van der Waals surface area contributed by atoms with Crippen LogP contribution in [0.2, 0.25) is 0 Å². The lowest BCUT2D eigenvalue weighted by molar-refractivity contribution is 0.0950. The summed E-state index contributed by atoms with van der Waals surface area (Å²) in [7, 11) is 0. The van der Waals surface area contributed by atoms with Crippen molar-refractivity contribution in [2.75, 3.05) is 6.54 Å². The fourth-order valence-corrected chi connectivity index (χ4v) is 2.13. The van der Waals surface area contributed by atoms with Crippen LogP contribution in [-0.2, 0) is 0 Å². The Labute approximate surface area is 121 Å². The van der Waals surface area contributed by atoms with Gasteiger partial charge in [-0.25, -0.2) is 0 Å². The maximum Gasteiger partial charge on any atom is 0.255 e. The van der Waals surface area contributed by atoms with Gasteiger partial charge in [0.05, 0.1) is 11.8 Å². The predicted octanol–water partition coefficient (Wildman–Crippen LogP) is 3.66. The van der Waals surface area contributed by atoms with E-state index in [1.165, 1.54) is 57.0 Å². The molecule has 0 bridgehead atoms. The average molecular weight is 278 g/mol. The van der Waals surface area contributed by atoms with Crippen LogP contribution in [-0.4, -0.2) is 22.5 Å². The highest BCUT2D eigenvalue weighted by Gasteiger charge is 2.09. The van der Waals surface area contributed by atoms with Gasteiger partial charge in [0.2, 0.25) is 0 Å². The molecule has 2 N–H and O–H groups in total. The van der Waals surface area contributed by atoms with Gasteiger partial charge in [-0.2, -0.15) is 0 Å². The smallest absolute Gasteiger partial charge is 0.255 e. The van der Waals surface area contributed by atoms with E-state index in [0.717, 1.165) is 12.8 Å². The molecule has 0 saturated carbocycles. The van der Waals surface area contributed by atoms with Gasteiger partial charge < -0.3 is 10.4 Å². The molecule has 0 spiro atoms. The molecule has 0 aromatic carbocycles. The molecule has 1 aromatic heterocycles. The van der Waals surface area contributed by atoms with Crippen LogP contribution in [0, 0.1) is 0 Å². The number of aromatic hydroxyl groups is 1. The Balaban J connectivity index is 2.04. The summed E-state index contributed by atoms with van der Waals surface area (Å²) in [5.74, 6) is -0.297. The monoisotopic (exact) mass is 278 g/mol. The summed E-state index contributed by atoms with van der Waals surface area (Å²) < 4.78 is 0. The summed E-state index contributed by atoms with van der Waals surface area (Å²) in [6.07, 6.45) is 12.7. The highest BCUT2D eigenvalue weighted by Crippen LogP contribution is 2.13. The SMILES string of the molecule is CCCCCCCCCCNC(=O)c1ccncc1O. The van der Waals surface area contributed by atoms with Gasteiger partial charge in [0.15, 0.2) is 0 Å². The Kier molecular flexibility index (Phi) is 8.43. The summed E-state index contributed by atoms with van der Waals surface area (Å²) >= 11 is 0. The topological polar surface area (TPSA) is 62.2 Å². The van der Waals surface area contributed by atoms with E-state index in [1.807, 2.05) is 0 Å². The van der Waals surface area contributed by atoms with Gasteiger partial charge >= 0.3 is 0 Å². The molecule has 0 aliphatic rings. The summed E-state index contributed by atoms with van der Waals surface area (Å²) in [6, 6.07) is 1.53. The Morgan fingerprint density at radius 2 is 1.80 bits per heavy atom. The lowest BCUT2D eigenvalue weighted by Gasteiger charge is -2.06. The zero-order valence-electron chi connectivity index (χ0n) is 12.4. The third kappa shape index (κ3) is 6.55. The van der Waals surface area contributed by atoms with E-state index in [1.54, 1.807) is 0 Å². The highest BCUT2D eigenvalue weighted by molar-refractivity contribution is 5.96. The molecule has 0 radical (unpaired) electrons. The normalized spacial score (nSPS) is 10.4. The van der Waals surface area contributed by atoms with Crippen molar-refractivity contribution in [2.45, 2.75) is 58.3 Å². The zero-order chi connectivity index (χ0) is 14.6. The number of hydrogen-bond donors (Lipinski definition) is 2. The van der Waals surface area contributed by atoms with E-state index in [9.17, 15) is 9.90 Å². The molecule has 4 nitrogen and oxygen atoms in total. The number of carbonyl (C=O) groups is 1. The third-order valence-electron chi connectivity index (χ3n) is 3.36. The van der Waals surface area contributed by atoms with Gasteiger partial charge in [0.1, 0.15) is 5.75 Å². The summed E-state index contributed by atoms with van der Waals surface area (Å²) in [5.41, 5.74) is 0.291. The molecule has 0 atom stereocenters. The van der Waals surface area contributed by atoms with Crippen LogP contribution in [0.1, 0.15) is 68.6 Å². The fourth-order valence-electron chi connectivity index (χ4n) is 2.13. The molecule has 0 aliphatic heterocycles. The zero-order valence-corrected chi connectivity index (χ0v) is 12.4. The minimum Gasteiger partial charge on any atom is -0.505 e. The van der Waals surface area contributed by atoms with Gasteiger partial charge in [-0.15, -0.1) is 0 Å². The lowest BCUT2D eigenvalue weighted by Crippen LogP contribution is -2.24. The minimum atomic E-state index is -0.229. The number of pyridine rings is 1. The van der Waals surface area contributed by atoms with Crippen molar-refractivity contribution in [1.29, 1.82) is 0 Å². The van der Waals surface area contributed by atoms with Crippen molar-refractivity contribution in [3.8, 4) is 5.75 Å². The van der Waals surface area contributed by atoms with Crippen molar-refractivity contribution in [2.24, 2.45) is 0 Å². The quantitative estimate of drug-likeness (QED) is 0.642. The number of carbonyl (C=O) groups excluding carboxylic acids is 1. The first kappa shape index (κ1) is 16.5. The van der Waals surface area contributed by atoms with Crippen molar-refractivity contribution < 1.29 is 9.90 Å². The number of amides is 1. The van der Waals surface area contributed by atoms with Gasteiger partial charge in [-0.1, -0.05) is 51.9 Å². The molecule has 0 saturated heterocycles. The molecule has 1 heterocycles. The average Bonchev–Trinajstić information content (AvgIpc) is 2.46. The second-order valence-electron chi connectivity index (χ2n) is 5.12. The molecule has 1 aromatic rings. The standard InChI is InChI=1S/C16H26N2O2/c1-2-3-4-5-6-7-8-9-11-18-16(20)14-10-12-17-13-15(14)19/h10,12-13,19H,2-9,11H2,1H3,(H,18,20). The summed E-state index contributed by atoms with van der Waals surface area (Å²) in [4.78, 5) is 15.5. The Morgan fingerprint density at radius 1 is 1.15 bits per heavy atom. The maximum absolute atomic E-state index is 11.8. The van der Waals surface area contributed by atoms with Crippen LogP contribution in [0.15, 0.2) is 18.5 Å². The number of nitrogens with one attached hydrogen (secondary N) is 1. The molecule has 0 aliphatic carbocycles. The third-order valence-corrected chi connectivity index (χ3v) is 3.36. The van der Waals surface area contributed by atoms with E-state index in [2.05, 4.69) is 17.2 Å². The molecule has 112 valence electrons. The van der Waals surface area contributed by atoms with E-state index in [4.69, 9.17) is 0 Å². The van der Waals surface area contributed by atoms with Crippen LogP contribution >= 0.6 is 0 Å². The number of hydrogen-bond acceptors (Lipinski definition) is 3. The van der Waals surface area contributed by atoms with E-state index < -0.39 is 0 Å². The van der Waals surface area contributed by atoms with Crippen LogP contribution < -0.4 is 5.32 Å². The first-order valence-corrected chi connectivity index (χ1v) is 7.67. The van der Waals surface area contributed by atoms with Crippen molar-refractivity contribution in [1.82, 2.24) is 10.3 Å². The molecule has 20 heavy (non-hydrogen) atoms.